The van der Waals surface area contributed by atoms with Crippen molar-refractivity contribution in [3.05, 3.63) is 29.3 Å². The Morgan fingerprint density at radius 1 is 1.15 bits per heavy atom. The normalized spacial score (nSPS) is 18.4. The first-order chi connectivity index (χ1) is 6.09. The number of rotatable bonds is 2. The van der Waals surface area contributed by atoms with Gasteiger partial charge in [-0.15, -0.1) is 0 Å². The SMILES string of the molecule is Cc1ccc(OC2(C)CC2)cc1C. The summed E-state index contributed by atoms with van der Waals surface area (Å²) in [5.41, 5.74) is 2.77. The minimum absolute atomic E-state index is 0.141. The lowest BCUT2D eigenvalue weighted by Crippen LogP contribution is -2.11. The maximum absolute atomic E-state index is 5.85. The molecule has 70 valence electrons. The Bertz CT molecular complexity index is 324. The zero-order valence-corrected chi connectivity index (χ0v) is 8.55. The second kappa shape index (κ2) is 2.76. The van der Waals surface area contributed by atoms with Crippen LogP contribution in [0.1, 0.15) is 30.9 Å². The highest BCUT2D eigenvalue weighted by Crippen LogP contribution is 2.39. The lowest BCUT2D eigenvalue weighted by molar-refractivity contribution is 0.200. The first-order valence-corrected chi connectivity index (χ1v) is 4.85. The molecule has 1 aromatic rings. The van der Waals surface area contributed by atoms with Crippen molar-refractivity contribution < 1.29 is 4.74 Å². The van der Waals surface area contributed by atoms with E-state index < -0.39 is 0 Å². The van der Waals surface area contributed by atoms with Crippen LogP contribution in [0, 0.1) is 13.8 Å². The minimum atomic E-state index is 0.141. The molecule has 0 saturated heterocycles. The quantitative estimate of drug-likeness (QED) is 0.672. The summed E-state index contributed by atoms with van der Waals surface area (Å²) in [7, 11) is 0. The van der Waals surface area contributed by atoms with E-state index in [-0.39, 0.29) is 5.60 Å². The predicted molar refractivity (Wildman–Crippen MR) is 54.2 cm³/mol. The smallest absolute Gasteiger partial charge is 0.120 e. The third kappa shape index (κ3) is 1.85. The van der Waals surface area contributed by atoms with Crippen LogP contribution in [0.25, 0.3) is 0 Å². The van der Waals surface area contributed by atoms with Gasteiger partial charge in [-0.25, -0.2) is 0 Å². The van der Waals surface area contributed by atoms with Gasteiger partial charge in [-0.1, -0.05) is 6.07 Å². The maximum atomic E-state index is 5.85. The number of hydrogen-bond acceptors (Lipinski definition) is 1. The van der Waals surface area contributed by atoms with Crippen LogP contribution < -0.4 is 4.74 Å². The van der Waals surface area contributed by atoms with Crippen molar-refractivity contribution in [3.63, 3.8) is 0 Å². The van der Waals surface area contributed by atoms with Gasteiger partial charge in [0, 0.05) is 0 Å². The van der Waals surface area contributed by atoms with Crippen LogP contribution in [0.5, 0.6) is 5.75 Å². The second-order valence-electron chi connectivity index (χ2n) is 4.30. The van der Waals surface area contributed by atoms with E-state index in [2.05, 4.69) is 39.0 Å². The standard InChI is InChI=1S/C12H16O/c1-9-4-5-11(8-10(9)2)13-12(3)6-7-12/h4-5,8H,6-7H2,1-3H3. The van der Waals surface area contributed by atoms with Crippen molar-refractivity contribution in [2.24, 2.45) is 0 Å². The van der Waals surface area contributed by atoms with E-state index in [1.807, 2.05) is 0 Å². The molecule has 0 radical (unpaired) electrons. The van der Waals surface area contributed by atoms with Gasteiger partial charge in [-0.2, -0.15) is 0 Å². The molecule has 1 aliphatic carbocycles. The van der Waals surface area contributed by atoms with Gasteiger partial charge in [-0.3, -0.25) is 0 Å². The van der Waals surface area contributed by atoms with Gasteiger partial charge in [0.1, 0.15) is 11.4 Å². The Balaban J connectivity index is 2.17. The Morgan fingerprint density at radius 3 is 2.38 bits per heavy atom. The van der Waals surface area contributed by atoms with E-state index in [0.29, 0.717) is 0 Å². The van der Waals surface area contributed by atoms with E-state index in [4.69, 9.17) is 4.74 Å². The first kappa shape index (κ1) is 8.61. The van der Waals surface area contributed by atoms with Crippen LogP contribution in [0.3, 0.4) is 0 Å². The fraction of sp³-hybridized carbons (Fsp3) is 0.500. The predicted octanol–water partition coefficient (Wildman–Crippen LogP) is 3.23. The van der Waals surface area contributed by atoms with Gasteiger partial charge < -0.3 is 4.74 Å². The Morgan fingerprint density at radius 2 is 1.85 bits per heavy atom. The molecule has 0 aromatic heterocycles. The molecule has 13 heavy (non-hydrogen) atoms. The molecule has 1 fully saturated rings. The molecular formula is C12H16O. The molecule has 1 nitrogen and oxygen atoms in total. The molecule has 0 spiro atoms. The number of benzene rings is 1. The average Bonchev–Trinajstić information content (AvgIpc) is 2.76. The lowest BCUT2D eigenvalue weighted by atomic mass is 10.1. The average molecular weight is 176 g/mol. The molecule has 1 aliphatic rings. The number of hydrogen-bond donors (Lipinski definition) is 0. The van der Waals surface area contributed by atoms with Crippen molar-refractivity contribution in [2.75, 3.05) is 0 Å². The fourth-order valence-electron chi connectivity index (χ4n) is 1.34. The van der Waals surface area contributed by atoms with Gasteiger partial charge in [0.25, 0.3) is 0 Å². The summed E-state index contributed by atoms with van der Waals surface area (Å²) in [6, 6.07) is 6.31. The number of ether oxygens (including phenoxy) is 1. The van der Waals surface area contributed by atoms with E-state index >= 15 is 0 Å². The van der Waals surface area contributed by atoms with Crippen molar-refractivity contribution in [1.82, 2.24) is 0 Å². The largest absolute Gasteiger partial charge is 0.488 e. The van der Waals surface area contributed by atoms with Gasteiger partial charge >= 0.3 is 0 Å². The van der Waals surface area contributed by atoms with Crippen LogP contribution >= 0.6 is 0 Å². The van der Waals surface area contributed by atoms with Crippen molar-refractivity contribution >= 4 is 0 Å². The summed E-state index contributed by atoms with van der Waals surface area (Å²) in [5, 5.41) is 0. The molecule has 1 aromatic carbocycles. The molecule has 0 amide bonds. The summed E-state index contributed by atoms with van der Waals surface area (Å²) in [5.74, 6) is 1.02. The highest BCUT2D eigenvalue weighted by Gasteiger charge is 2.39. The summed E-state index contributed by atoms with van der Waals surface area (Å²) in [6.07, 6.45) is 2.39. The summed E-state index contributed by atoms with van der Waals surface area (Å²) < 4.78 is 5.85. The van der Waals surface area contributed by atoms with Crippen LogP contribution in [0.4, 0.5) is 0 Å². The Labute approximate surface area is 79.7 Å². The molecule has 2 rings (SSSR count). The number of aryl methyl sites for hydroxylation is 2. The first-order valence-electron chi connectivity index (χ1n) is 4.85. The highest BCUT2D eigenvalue weighted by atomic mass is 16.5. The van der Waals surface area contributed by atoms with E-state index in [1.54, 1.807) is 0 Å². The zero-order chi connectivity index (χ0) is 9.47. The summed E-state index contributed by atoms with van der Waals surface area (Å²) in [6.45, 7) is 6.41. The van der Waals surface area contributed by atoms with Crippen LogP contribution in [0.15, 0.2) is 18.2 Å². The maximum Gasteiger partial charge on any atom is 0.120 e. The molecule has 0 heterocycles. The van der Waals surface area contributed by atoms with Gasteiger partial charge in [0.2, 0.25) is 0 Å². The van der Waals surface area contributed by atoms with Crippen LogP contribution in [0.2, 0.25) is 0 Å². The van der Waals surface area contributed by atoms with Crippen molar-refractivity contribution in [2.45, 2.75) is 39.2 Å². The minimum Gasteiger partial charge on any atom is -0.488 e. The third-order valence-corrected chi connectivity index (χ3v) is 2.80. The summed E-state index contributed by atoms with van der Waals surface area (Å²) >= 11 is 0. The van der Waals surface area contributed by atoms with Crippen LogP contribution in [-0.2, 0) is 0 Å². The van der Waals surface area contributed by atoms with E-state index in [9.17, 15) is 0 Å². The molecule has 0 aliphatic heterocycles. The molecule has 0 unspecified atom stereocenters. The third-order valence-electron chi connectivity index (χ3n) is 2.80. The van der Waals surface area contributed by atoms with E-state index in [1.165, 1.54) is 24.0 Å². The molecular weight excluding hydrogens is 160 g/mol. The Hall–Kier alpha value is -0.980. The molecule has 1 saturated carbocycles. The van der Waals surface area contributed by atoms with Gasteiger partial charge in [0.15, 0.2) is 0 Å². The fourth-order valence-corrected chi connectivity index (χ4v) is 1.34. The Kier molecular flexibility index (Phi) is 1.83. The summed E-state index contributed by atoms with van der Waals surface area (Å²) in [4.78, 5) is 0. The topological polar surface area (TPSA) is 9.23 Å². The lowest BCUT2D eigenvalue weighted by Gasteiger charge is -2.13. The van der Waals surface area contributed by atoms with Crippen LogP contribution in [-0.4, -0.2) is 5.60 Å². The monoisotopic (exact) mass is 176 g/mol. The molecule has 0 N–H and O–H groups in total. The van der Waals surface area contributed by atoms with Gasteiger partial charge in [0.05, 0.1) is 0 Å². The zero-order valence-electron chi connectivity index (χ0n) is 8.55. The molecule has 1 heteroatoms. The van der Waals surface area contributed by atoms with Gasteiger partial charge in [-0.05, 0) is 56.9 Å². The second-order valence-corrected chi connectivity index (χ2v) is 4.30. The van der Waals surface area contributed by atoms with Crippen molar-refractivity contribution in [1.29, 1.82) is 0 Å². The van der Waals surface area contributed by atoms with E-state index in [0.717, 1.165) is 5.75 Å². The van der Waals surface area contributed by atoms with Crippen molar-refractivity contribution in [3.8, 4) is 5.75 Å². The highest BCUT2D eigenvalue weighted by molar-refractivity contribution is 5.34. The molecule has 0 atom stereocenters. The molecule has 0 bridgehead atoms.